The highest BCUT2D eigenvalue weighted by Gasteiger charge is 2.48. The van der Waals surface area contributed by atoms with Crippen molar-refractivity contribution in [3.8, 4) is 10.4 Å². The molecule has 2 fully saturated rings. The second-order valence-electron chi connectivity index (χ2n) is 10.2. The van der Waals surface area contributed by atoms with Crippen molar-refractivity contribution >= 4 is 29.0 Å². The molecule has 4 heterocycles. The molecule has 36 heavy (non-hydrogen) atoms. The molecule has 5 atom stereocenters. The molecule has 3 aliphatic rings. The highest BCUT2D eigenvalue weighted by atomic mass is 32.1. The Morgan fingerprint density at radius 2 is 1.92 bits per heavy atom. The van der Waals surface area contributed by atoms with Gasteiger partial charge in [-0.15, -0.1) is 11.3 Å². The number of aliphatic imine (C=N–C) groups is 1. The van der Waals surface area contributed by atoms with Gasteiger partial charge in [0, 0.05) is 26.4 Å². The molecule has 0 aliphatic carbocycles. The van der Waals surface area contributed by atoms with E-state index in [0.29, 0.717) is 25.2 Å². The number of aliphatic hydroxyl groups excluding tert-OH is 2. The molecule has 10 heteroatoms. The van der Waals surface area contributed by atoms with Gasteiger partial charge < -0.3 is 25.3 Å². The Kier molecular flexibility index (Phi) is 6.61. The first-order chi connectivity index (χ1) is 17.2. The van der Waals surface area contributed by atoms with Gasteiger partial charge in [-0.1, -0.05) is 24.3 Å². The minimum atomic E-state index is -1.05. The first kappa shape index (κ1) is 24.9. The van der Waals surface area contributed by atoms with Crippen LogP contribution in [0.4, 0.5) is 0 Å². The van der Waals surface area contributed by atoms with Crippen LogP contribution in [0.25, 0.3) is 10.4 Å². The molecule has 1 aromatic heterocycles. The Hall–Kier alpha value is -2.82. The van der Waals surface area contributed by atoms with E-state index in [1.165, 1.54) is 6.92 Å². The summed E-state index contributed by atoms with van der Waals surface area (Å²) in [5.41, 5.74) is 3.86. The number of carbonyl (C=O) groups is 2. The van der Waals surface area contributed by atoms with Gasteiger partial charge in [0.05, 0.1) is 28.2 Å². The molecule has 2 aromatic rings. The Morgan fingerprint density at radius 3 is 2.58 bits per heavy atom. The third-order valence-corrected chi connectivity index (χ3v) is 8.71. The number of benzene rings is 1. The maximum Gasteiger partial charge on any atom is 0.246 e. The van der Waals surface area contributed by atoms with E-state index in [1.807, 2.05) is 43.6 Å². The number of thiazole rings is 1. The van der Waals surface area contributed by atoms with Crippen LogP contribution in [0.15, 0.2) is 34.8 Å². The van der Waals surface area contributed by atoms with Gasteiger partial charge in [0.2, 0.25) is 11.8 Å². The van der Waals surface area contributed by atoms with Gasteiger partial charge in [-0.25, -0.2) is 9.98 Å². The molecule has 0 spiro atoms. The number of nitrogens with zero attached hydrogens (tertiary/aromatic N) is 4. The first-order valence-corrected chi connectivity index (χ1v) is 13.4. The lowest BCUT2D eigenvalue weighted by atomic mass is 9.90. The number of likely N-dealkylation sites (tertiary alicyclic amines) is 2. The number of amidine groups is 1. The Balaban J connectivity index is 1.36. The summed E-state index contributed by atoms with van der Waals surface area (Å²) in [4.78, 5) is 39.0. The molecule has 192 valence electrons. The van der Waals surface area contributed by atoms with Crippen molar-refractivity contribution in [1.29, 1.82) is 0 Å². The van der Waals surface area contributed by atoms with Gasteiger partial charge in [-0.05, 0) is 44.2 Å². The van der Waals surface area contributed by atoms with Crippen molar-refractivity contribution in [2.45, 2.75) is 76.4 Å². The molecule has 2 saturated heterocycles. The van der Waals surface area contributed by atoms with Gasteiger partial charge in [0.15, 0.2) is 6.23 Å². The van der Waals surface area contributed by atoms with Crippen molar-refractivity contribution in [2.24, 2.45) is 4.99 Å². The molecule has 3 N–H and O–H groups in total. The largest absolute Gasteiger partial charge is 0.391 e. The van der Waals surface area contributed by atoms with Crippen molar-refractivity contribution in [3.63, 3.8) is 0 Å². The summed E-state index contributed by atoms with van der Waals surface area (Å²) in [6.07, 6.45) is 0.967. The molecular weight excluding hydrogens is 478 g/mol. The van der Waals surface area contributed by atoms with E-state index < -0.39 is 30.0 Å². The Labute approximate surface area is 214 Å². The molecule has 0 bridgehead atoms. The summed E-state index contributed by atoms with van der Waals surface area (Å²) in [6, 6.07) is 6.97. The summed E-state index contributed by atoms with van der Waals surface area (Å²) in [6.45, 7) is 6.11. The zero-order chi connectivity index (χ0) is 25.6. The van der Waals surface area contributed by atoms with Gasteiger partial charge in [-0.2, -0.15) is 0 Å². The monoisotopic (exact) mass is 511 g/mol. The second kappa shape index (κ2) is 9.57. The second-order valence-corrected chi connectivity index (χ2v) is 11.0. The number of aromatic nitrogens is 1. The minimum absolute atomic E-state index is 0.111. The summed E-state index contributed by atoms with van der Waals surface area (Å²) < 4.78 is 0. The molecule has 5 rings (SSSR count). The van der Waals surface area contributed by atoms with Crippen molar-refractivity contribution in [2.75, 3.05) is 13.1 Å². The van der Waals surface area contributed by atoms with Gasteiger partial charge in [-0.3, -0.25) is 9.59 Å². The fourth-order valence-electron chi connectivity index (χ4n) is 5.63. The predicted molar refractivity (Wildman–Crippen MR) is 137 cm³/mol. The number of nitrogens with one attached hydrogen (secondary N) is 1. The van der Waals surface area contributed by atoms with E-state index in [1.54, 1.807) is 21.1 Å². The summed E-state index contributed by atoms with van der Waals surface area (Å²) in [7, 11) is 0. The van der Waals surface area contributed by atoms with Crippen LogP contribution in [0.5, 0.6) is 0 Å². The third kappa shape index (κ3) is 4.31. The normalized spacial score (nSPS) is 30.3. The lowest BCUT2D eigenvalue weighted by Crippen LogP contribution is -2.56. The zero-order valence-corrected chi connectivity index (χ0v) is 21.7. The molecule has 9 nitrogen and oxygen atoms in total. The zero-order valence-electron chi connectivity index (χ0n) is 20.8. The molecule has 0 saturated carbocycles. The van der Waals surface area contributed by atoms with Crippen LogP contribution < -0.4 is 5.32 Å². The lowest BCUT2D eigenvalue weighted by Gasteiger charge is -2.38. The van der Waals surface area contributed by atoms with Crippen molar-refractivity contribution in [1.82, 2.24) is 20.1 Å². The molecule has 1 unspecified atom stereocenters. The van der Waals surface area contributed by atoms with Crippen molar-refractivity contribution in [3.05, 3.63) is 41.0 Å². The van der Waals surface area contributed by atoms with E-state index in [-0.39, 0.29) is 18.4 Å². The summed E-state index contributed by atoms with van der Waals surface area (Å²) >= 11 is 1.59. The standard InChI is InChI=1S/C26H33N5O4S/c1-15-22(36-14-27-15)17-7-9-18(10-8-17)26(3)25(35)28-23(29-26)21-12-19(33)13-31(21)24(34)20-6-4-5-11-30(20)16(2)32/h7-10,14,19-21,25,33,35H,4-6,11-13H2,1-3H3,(H,28,29)/t19-,20+,21-,25?,26+/m1/s1. The number of carbonyl (C=O) groups excluding carboxylic acids is 2. The number of hydrogen-bond donors (Lipinski definition) is 3. The van der Waals surface area contributed by atoms with Gasteiger partial charge in [0.25, 0.3) is 0 Å². The minimum Gasteiger partial charge on any atom is -0.391 e. The molecule has 1 aromatic carbocycles. The highest BCUT2D eigenvalue weighted by Crippen LogP contribution is 2.35. The number of piperidine rings is 1. The van der Waals surface area contributed by atoms with Crippen LogP contribution in [0.2, 0.25) is 0 Å². The smallest absolute Gasteiger partial charge is 0.246 e. The van der Waals surface area contributed by atoms with E-state index in [0.717, 1.165) is 34.5 Å². The fraction of sp³-hybridized carbons (Fsp3) is 0.538. The molecule has 3 aliphatic heterocycles. The maximum absolute atomic E-state index is 13.6. The molecule has 2 amide bonds. The van der Waals surface area contributed by atoms with Crippen LogP contribution in [0.1, 0.15) is 50.8 Å². The molecular formula is C26H33N5O4S. The summed E-state index contributed by atoms with van der Waals surface area (Å²) in [5, 5.41) is 24.9. The van der Waals surface area contributed by atoms with E-state index in [2.05, 4.69) is 15.3 Å². The number of hydrogen-bond acceptors (Lipinski definition) is 8. The van der Waals surface area contributed by atoms with Crippen LogP contribution in [0, 0.1) is 6.92 Å². The maximum atomic E-state index is 13.6. The average Bonchev–Trinajstić information content (AvgIpc) is 3.56. The average molecular weight is 512 g/mol. The lowest BCUT2D eigenvalue weighted by molar-refractivity contribution is -0.146. The van der Waals surface area contributed by atoms with Crippen LogP contribution in [0.3, 0.4) is 0 Å². The number of rotatable bonds is 4. The van der Waals surface area contributed by atoms with Crippen LogP contribution in [-0.4, -0.2) is 80.2 Å². The van der Waals surface area contributed by atoms with E-state index in [4.69, 9.17) is 0 Å². The van der Waals surface area contributed by atoms with E-state index in [9.17, 15) is 19.8 Å². The number of β-amino-alcohol motifs (C(OH)–C–C–N with tert-alkyl or cyclic N) is 1. The van der Waals surface area contributed by atoms with Gasteiger partial charge in [0.1, 0.15) is 17.4 Å². The number of aliphatic hydroxyl groups is 2. The Bertz CT molecular complexity index is 1180. The van der Waals surface area contributed by atoms with Crippen LogP contribution >= 0.6 is 11.3 Å². The predicted octanol–water partition coefficient (Wildman–Crippen LogP) is 2.02. The highest BCUT2D eigenvalue weighted by molar-refractivity contribution is 7.13. The summed E-state index contributed by atoms with van der Waals surface area (Å²) in [5.74, 6) is 0.214. The number of aryl methyl sites for hydroxylation is 1. The fourth-order valence-corrected chi connectivity index (χ4v) is 6.45. The quantitative estimate of drug-likeness (QED) is 0.578. The molecule has 0 radical (unpaired) electrons. The number of amides is 2. The SMILES string of the molecule is CC(=O)N1CCCC[C@H]1C(=O)N1C[C@H](O)C[C@@H]1C1=NC(O)[C@](C)(c2ccc(-c3scnc3C)cc2)N1. The van der Waals surface area contributed by atoms with Crippen LogP contribution in [-0.2, 0) is 15.1 Å². The van der Waals surface area contributed by atoms with Crippen molar-refractivity contribution < 1.29 is 19.8 Å². The topological polar surface area (TPSA) is 118 Å². The first-order valence-electron chi connectivity index (χ1n) is 12.5. The van der Waals surface area contributed by atoms with Gasteiger partial charge >= 0.3 is 0 Å². The third-order valence-electron chi connectivity index (χ3n) is 7.73. The van der Waals surface area contributed by atoms with E-state index >= 15 is 0 Å². The Morgan fingerprint density at radius 1 is 1.17 bits per heavy atom.